The first-order valence-electron chi connectivity index (χ1n) is 11.2. The quantitative estimate of drug-likeness (QED) is 0.710. The van der Waals surface area contributed by atoms with Crippen LogP contribution in [0, 0.1) is 11.3 Å². The van der Waals surface area contributed by atoms with Crippen LogP contribution in [0.1, 0.15) is 29.7 Å². The summed E-state index contributed by atoms with van der Waals surface area (Å²) in [6, 6.07) is 14.3. The lowest BCUT2D eigenvalue weighted by atomic mass is 9.87. The molecule has 6 nitrogen and oxygen atoms in total. The largest absolute Gasteiger partial charge is 0.433 e. The highest BCUT2D eigenvalue weighted by Crippen LogP contribution is 2.32. The standard InChI is InChI=1S/C24H28F3N5O/c25-24(26,27)21-7-6-20(16-28)22(30-21)29-18-23(8-14-33-15-9-23)32-12-10-31(11-13-32)17-19-4-2-1-3-5-19/h1-7H,8-15,17-18H2,(H,29,30). The molecular weight excluding hydrogens is 431 g/mol. The fraction of sp³-hybridized carbons (Fsp3) is 0.500. The van der Waals surface area contributed by atoms with Crippen LogP contribution >= 0.6 is 0 Å². The number of rotatable bonds is 6. The van der Waals surface area contributed by atoms with Crippen LogP contribution in [0.3, 0.4) is 0 Å². The number of hydrogen-bond donors (Lipinski definition) is 1. The van der Waals surface area contributed by atoms with E-state index < -0.39 is 11.9 Å². The fourth-order valence-electron chi connectivity index (χ4n) is 4.67. The number of pyridine rings is 1. The summed E-state index contributed by atoms with van der Waals surface area (Å²) in [6.45, 7) is 6.11. The van der Waals surface area contributed by atoms with Crippen LogP contribution in [0.25, 0.3) is 0 Å². The summed E-state index contributed by atoms with van der Waals surface area (Å²) < 4.78 is 45.1. The van der Waals surface area contributed by atoms with Crippen LogP contribution in [0.4, 0.5) is 19.0 Å². The molecule has 2 aliphatic rings. The van der Waals surface area contributed by atoms with E-state index in [1.54, 1.807) is 0 Å². The maximum absolute atomic E-state index is 13.2. The van der Waals surface area contributed by atoms with E-state index in [-0.39, 0.29) is 16.9 Å². The zero-order chi connectivity index (χ0) is 23.3. The van der Waals surface area contributed by atoms with Crippen molar-refractivity contribution in [3.8, 4) is 6.07 Å². The summed E-state index contributed by atoms with van der Waals surface area (Å²) in [5, 5.41) is 12.5. The third-order valence-corrected chi connectivity index (χ3v) is 6.61. The number of anilines is 1. The van der Waals surface area contributed by atoms with Gasteiger partial charge in [-0.1, -0.05) is 30.3 Å². The molecule has 2 aliphatic heterocycles. The van der Waals surface area contributed by atoms with Crippen LogP contribution in [0.2, 0.25) is 0 Å². The zero-order valence-corrected chi connectivity index (χ0v) is 18.4. The molecule has 0 saturated carbocycles. The summed E-state index contributed by atoms with van der Waals surface area (Å²) in [4.78, 5) is 8.58. The minimum atomic E-state index is -4.56. The highest BCUT2D eigenvalue weighted by molar-refractivity contribution is 5.52. The van der Waals surface area contributed by atoms with Crippen LogP contribution in [0.5, 0.6) is 0 Å². The van der Waals surface area contributed by atoms with Crippen molar-refractivity contribution in [3.05, 3.63) is 59.3 Å². The van der Waals surface area contributed by atoms with Gasteiger partial charge in [0.05, 0.1) is 5.56 Å². The molecule has 2 aromatic rings. The van der Waals surface area contributed by atoms with Gasteiger partial charge in [0.15, 0.2) is 0 Å². The molecule has 0 bridgehead atoms. The molecule has 3 heterocycles. The molecule has 1 aromatic heterocycles. The average molecular weight is 460 g/mol. The van der Waals surface area contributed by atoms with Crippen molar-refractivity contribution in [2.75, 3.05) is 51.3 Å². The number of nitrogens with one attached hydrogen (secondary N) is 1. The van der Waals surface area contributed by atoms with Crippen LogP contribution in [0.15, 0.2) is 42.5 Å². The van der Waals surface area contributed by atoms with E-state index in [1.807, 2.05) is 24.3 Å². The predicted octanol–water partition coefficient (Wildman–Crippen LogP) is 3.75. The average Bonchev–Trinajstić information content (AvgIpc) is 2.83. The van der Waals surface area contributed by atoms with Crippen molar-refractivity contribution < 1.29 is 17.9 Å². The van der Waals surface area contributed by atoms with Crippen molar-refractivity contribution in [3.63, 3.8) is 0 Å². The normalized spacial score (nSPS) is 19.7. The second-order valence-electron chi connectivity index (χ2n) is 8.64. The van der Waals surface area contributed by atoms with Crippen LogP contribution in [-0.4, -0.2) is 66.3 Å². The molecule has 0 unspecified atom stereocenters. The van der Waals surface area contributed by atoms with Gasteiger partial charge in [-0.15, -0.1) is 0 Å². The van der Waals surface area contributed by atoms with E-state index in [9.17, 15) is 18.4 Å². The van der Waals surface area contributed by atoms with E-state index in [1.165, 1.54) is 11.6 Å². The van der Waals surface area contributed by atoms with Crippen molar-refractivity contribution in [1.82, 2.24) is 14.8 Å². The third kappa shape index (κ3) is 5.64. The first-order chi connectivity index (χ1) is 15.9. The molecule has 0 aliphatic carbocycles. The number of piperazine rings is 1. The Kier molecular flexibility index (Phi) is 7.17. The molecule has 0 spiro atoms. The van der Waals surface area contributed by atoms with Gasteiger partial charge in [0.1, 0.15) is 17.6 Å². The number of halogens is 3. The molecule has 0 radical (unpaired) electrons. The van der Waals surface area contributed by atoms with Crippen molar-refractivity contribution in [1.29, 1.82) is 5.26 Å². The Morgan fingerprint density at radius 3 is 2.36 bits per heavy atom. The molecule has 2 saturated heterocycles. The maximum Gasteiger partial charge on any atom is 0.433 e. The SMILES string of the molecule is N#Cc1ccc(C(F)(F)F)nc1NCC1(N2CCN(Cc3ccccc3)CC2)CCOCC1. The zero-order valence-electron chi connectivity index (χ0n) is 18.4. The van der Waals surface area contributed by atoms with Crippen molar-refractivity contribution in [2.24, 2.45) is 0 Å². The third-order valence-electron chi connectivity index (χ3n) is 6.61. The summed E-state index contributed by atoms with van der Waals surface area (Å²) >= 11 is 0. The Hall–Kier alpha value is -2.67. The molecule has 9 heteroatoms. The minimum absolute atomic E-state index is 0.0131. The lowest BCUT2D eigenvalue weighted by molar-refractivity contribution is -0.141. The van der Waals surface area contributed by atoms with Gasteiger partial charge in [-0.3, -0.25) is 9.80 Å². The Labute approximate surface area is 192 Å². The van der Waals surface area contributed by atoms with Crippen LogP contribution < -0.4 is 5.32 Å². The van der Waals surface area contributed by atoms with Crippen molar-refractivity contribution in [2.45, 2.75) is 31.1 Å². The van der Waals surface area contributed by atoms with E-state index in [0.717, 1.165) is 51.6 Å². The molecule has 176 valence electrons. The highest BCUT2D eigenvalue weighted by Gasteiger charge is 2.40. The Bertz CT molecular complexity index is 962. The van der Waals surface area contributed by atoms with E-state index in [0.29, 0.717) is 19.8 Å². The number of ether oxygens (including phenoxy) is 1. The summed E-state index contributed by atoms with van der Waals surface area (Å²) in [5.74, 6) is -0.0131. The molecule has 1 aromatic carbocycles. The fourth-order valence-corrected chi connectivity index (χ4v) is 4.67. The smallest absolute Gasteiger partial charge is 0.381 e. The lowest BCUT2D eigenvalue weighted by Gasteiger charge is -2.49. The predicted molar refractivity (Wildman–Crippen MR) is 119 cm³/mol. The van der Waals surface area contributed by atoms with Gasteiger partial charge in [-0.25, -0.2) is 4.98 Å². The summed E-state index contributed by atoms with van der Waals surface area (Å²) in [7, 11) is 0. The van der Waals surface area contributed by atoms with Crippen molar-refractivity contribution >= 4 is 5.82 Å². The summed E-state index contributed by atoms with van der Waals surface area (Å²) in [6.07, 6.45) is -3.01. The first kappa shape index (κ1) is 23.5. The monoisotopic (exact) mass is 459 g/mol. The van der Waals surface area contributed by atoms with Gasteiger partial charge in [0.25, 0.3) is 0 Å². The molecule has 33 heavy (non-hydrogen) atoms. The number of hydrogen-bond acceptors (Lipinski definition) is 6. The van der Waals surface area contributed by atoms with Gasteiger partial charge < -0.3 is 10.1 Å². The summed E-state index contributed by atoms with van der Waals surface area (Å²) in [5.41, 5.74) is 0.144. The molecule has 1 N–H and O–H groups in total. The van der Waals surface area contributed by atoms with Gasteiger partial charge >= 0.3 is 6.18 Å². The maximum atomic E-state index is 13.2. The van der Waals surface area contributed by atoms with Gasteiger partial charge in [-0.2, -0.15) is 18.4 Å². The second-order valence-corrected chi connectivity index (χ2v) is 8.64. The van der Waals surface area contributed by atoms with Gasteiger partial charge in [0.2, 0.25) is 0 Å². The number of aromatic nitrogens is 1. The van der Waals surface area contributed by atoms with Gasteiger partial charge in [0, 0.05) is 58.0 Å². The lowest BCUT2D eigenvalue weighted by Crippen LogP contribution is -2.61. The highest BCUT2D eigenvalue weighted by atomic mass is 19.4. The molecular formula is C24H28F3N5O. The van der Waals surface area contributed by atoms with Gasteiger partial charge in [-0.05, 0) is 30.5 Å². The Morgan fingerprint density at radius 1 is 1.03 bits per heavy atom. The number of nitriles is 1. The molecule has 0 atom stereocenters. The minimum Gasteiger partial charge on any atom is -0.381 e. The molecule has 0 amide bonds. The number of nitrogens with zero attached hydrogens (tertiary/aromatic N) is 4. The van der Waals surface area contributed by atoms with E-state index >= 15 is 0 Å². The number of benzene rings is 1. The second kappa shape index (κ2) is 10.1. The molecule has 2 fully saturated rings. The topological polar surface area (TPSA) is 64.4 Å². The Balaban J connectivity index is 1.45. The van der Waals surface area contributed by atoms with E-state index in [4.69, 9.17) is 4.74 Å². The number of alkyl halides is 3. The first-order valence-corrected chi connectivity index (χ1v) is 11.2. The van der Waals surface area contributed by atoms with Crippen LogP contribution in [-0.2, 0) is 17.5 Å². The van der Waals surface area contributed by atoms with E-state index in [2.05, 4.69) is 32.2 Å². The molecule has 4 rings (SSSR count). The Morgan fingerprint density at radius 2 is 1.73 bits per heavy atom.